The maximum absolute atomic E-state index is 12.8. The standard InChI is InChI=1S/C21H26N4O4/c1-4-25(14-18(26)23-16-10-12-17(29-3)13-11-16)19(15-8-6-5-7-9-15)20(27)24-21(28)22-2/h5-13,19H,4,14H2,1-3H3,(H,23,26)(H2,22,24,27,28)/t19-/m1/s1. The highest BCUT2D eigenvalue weighted by molar-refractivity contribution is 5.98. The molecule has 0 unspecified atom stereocenters. The Kier molecular flexibility index (Phi) is 8.17. The highest BCUT2D eigenvalue weighted by atomic mass is 16.5. The molecule has 0 saturated heterocycles. The second kappa shape index (κ2) is 10.8. The molecule has 8 nitrogen and oxygen atoms in total. The van der Waals surface area contributed by atoms with E-state index in [1.54, 1.807) is 60.5 Å². The SMILES string of the molecule is CCN(CC(=O)Nc1ccc(OC)cc1)[C@@H](C(=O)NC(=O)NC)c1ccccc1. The van der Waals surface area contributed by atoms with Crippen LogP contribution in [0.25, 0.3) is 0 Å². The molecular formula is C21H26N4O4. The number of nitrogens with zero attached hydrogens (tertiary/aromatic N) is 1. The molecule has 2 aromatic rings. The molecular weight excluding hydrogens is 372 g/mol. The summed E-state index contributed by atoms with van der Waals surface area (Å²) in [5, 5.41) is 7.47. The molecule has 0 aliphatic carbocycles. The zero-order chi connectivity index (χ0) is 21.2. The van der Waals surface area contributed by atoms with E-state index in [1.165, 1.54) is 7.05 Å². The van der Waals surface area contributed by atoms with Gasteiger partial charge in [0.1, 0.15) is 11.8 Å². The molecule has 154 valence electrons. The van der Waals surface area contributed by atoms with Gasteiger partial charge in [0.25, 0.3) is 0 Å². The van der Waals surface area contributed by atoms with Crippen LogP contribution >= 0.6 is 0 Å². The Labute approximate surface area is 170 Å². The minimum Gasteiger partial charge on any atom is -0.497 e. The number of hydrogen-bond donors (Lipinski definition) is 3. The van der Waals surface area contributed by atoms with Crippen LogP contribution in [0, 0.1) is 0 Å². The fraction of sp³-hybridized carbons (Fsp3) is 0.286. The summed E-state index contributed by atoms with van der Waals surface area (Å²) in [6.45, 7) is 2.25. The molecule has 0 heterocycles. The largest absolute Gasteiger partial charge is 0.497 e. The Morgan fingerprint density at radius 3 is 2.24 bits per heavy atom. The third-order valence-electron chi connectivity index (χ3n) is 4.32. The van der Waals surface area contributed by atoms with Gasteiger partial charge in [-0.3, -0.25) is 19.8 Å². The first-order chi connectivity index (χ1) is 14.0. The van der Waals surface area contributed by atoms with E-state index in [4.69, 9.17) is 4.74 Å². The summed E-state index contributed by atoms with van der Waals surface area (Å²) in [6.07, 6.45) is 0. The average Bonchev–Trinajstić information content (AvgIpc) is 2.74. The molecule has 0 aromatic heterocycles. The summed E-state index contributed by atoms with van der Waals surface area (Å²) in [5.74, 6) is -0.0893. The number of likely N-dealkylation sites (N-methyl/N-ethyl adjacent to an activating group) is 1. The summed E-state index contributed by atoms with van der Waals surface area (Å²) in [5.41, 5.74) is 1.31. The van der Waals surface area contributed by atoms with Crippen molar-refractivity contribution in [2.45, 2.75) is 13.0 Å². The molecule has 0 fully saturated rings. The highest BCUT2D eigenvalue weighted by Crippen LogP contribution is 2.21. The van der Waals surface area contributed by atoms with Crippen LogP contribution in [-0.4, -0.2) is 50.0 Å². The normalized spacial score (nSPS) is 11.4. The second-order valence-electron chi connectivity index (χ2n) is 6.22. The predicted octanol–water partition coefficient (Wildman–Crippen LogP) is 2.15. The van der Waals surface area contributed by atoms with Gasteiger partial charge < -0.3 is 15.4 Å². The van der Waals surface area contributed by atoms with E-state index in [2.05, 4.69) is 16.0 Å². The lowest BCUT2D eigenvalue weighted by Gasteiger charge is -2.29. The fourth-order valence-electron chi connectivity index (χ4n) is 2.85. The number of anilines is 1. The number of methoxy groups -OCH3 is 1. The topological polar surface area (TPSA) is 99.8 Å². The highest BCUT2D eigenvalue weighted by Gasteiger charge is 2.29. The first kappa shape index (κ1) is 21.9. The number of carbonyl (C=O) groups is 3. The van der Waals surface area contributed by atoms with Crippen molar-refractivity contribution < 1.29 is 19.1 Å². The van der Waals surface area contributed by atoms with Gasteiger partial charge in [-0.05, 0) is 36.4 Å². The Morgan fingerprint density at radius 1 is 1.03 bits per heavy atom. The van der Waals surface area contributed by atoms with Crippen molar-refractivity contribution in [1.82, 2.24) is 15.5 Å². The van der Waals surface area contributed by atoms with Gasteiger partial charge in [-0.2, -0.15) is 0 Å². The van der Waals surface area contributed by atoms with Crippen LogP contribution in [0.2, 0.25) is 0 Å². The van der Waals surface area contributed by atoms with E-state index in [0.717, 1.165) is 0 Å². The number of hydrogen-bond acceptors (Lipinski definition) is 5. The third-order valence-corrected chi connectivity index (χ3v) is 4.32. The Morgan fingerprint density at radius 2 is 1.69 bits per heavy atom. The Balaban J connectivity index is 2.16. The molecule has 3 N–H and O–H groups in total. The van der Waals surface area contributed by atoms with Crippen LogP contribution in [-0.2, 0) is 9.59 Å². The van der Waals surface area contributed by atoms with E-state index in [-0.39, 0.29) is 12.5 Å². The first-order valence-corrected chi connectivity index (χ1v) is 9.24. The van der Waals surface area contributed by atoms with Gasteiger partial charge in [-0.25, -0.2) is 4.79 Å². The van der Waals surface area contributed by atoms with E-state index in [9.17, 15) is 14.4 Å². The number of urea groups is 1. The Bertz CT molecular complexity index is 824. The molecule has 2 rings (SSSR count). The summed E-state index contributed by atoms with van der Waals surface area (Å²) < 4.78 is 5.11. The van der Waals surface area contributed by atoms with Crippen molar-refractivity contribution in [2.24, 2.45) is 0 Å². The van der Waals surface area contributed by atoms with Crippen LogP contribution in [0.3, 0.4) is 0 Å². The average molecular weight is 398 g/mol. The second-order valence-corrected chi connectivity index (χ2v) is 6.22. The molecule has 8 heteroatoms. The van der Waals surface area contributed by atoms with Crippen molar-refractivity contribution in [3.8, 4) is 5.75 Å². The monoisotopic (exact) mass is 398 g/mol. The lowest BCUT2D eigenvalue weighted by Crippen LogP contribution is -2.47. The molecule has 0 spiro atoms. The molecule has 0 radical (unpaired) electrons. The number of nitrogens with one attached hydrogen (secondary N) is 3. The van der Waals surface area contributed by atoms with Gasteiger partial charge in [0.05, 0.1) is 13.7 Å². The minimum atomic E-state index is -0.792. The number of carbonyl (C=O) groups excluding carboxylic acids is 3. The fourth-order valence-corrected chi connectivity index (χ4v) is 2.85. The summed E-state index contributed by atoms with van der Waals surface area (Å²) >= 11 is 0. The Hall–Kier alpha value is -3.39. The van der Waals surface area contributed by atoms with Crippen LogP contribution < -0.4 is 20.7 Å². The molecule has 1 atom stereocenters. The minimum absolute atomic E-state index is 0.0245. The molecule has 2 aromatic carbocycles. The van der Waals surface area contributed by atoms with Crippen LogP contribution in [0.1, 0.15) is 18.5 Å². The van der Waals surface area contributed by atoms with Gasteiger partial charge in [0.2, 0.25) is 11.8 Å². The molecule has 0 aliphatic rings. The van der Waals surface area contributed by atoms with E-state index in [1.807, 2.05) is 13.0 Å². The zero-order valence-electron chi connectivity index (χ0n) is 16.8. The lowest BCUT2D eigenvalue weighted by molar-refractivity contribution is -0.127. The summed E-state index contributed by atoms with van der Waals surface area (Å²) in [6, 6.07) is 14.6. The molecule has 0 saturated carbocycles. The maximum Gasteiger partial charge on any atom is 0.321 e. The summed E-state index contributed by atoms with van der Waals surface area (Å²) in [4.78, 5) is 38.7. The number of imide groups is 1. The molecule has 0 aliphatic heterocycles. The van der Waals surface area contributed by atoms with Crippen molar-refractivity contribution >= 4 is 23.5 Å². The van der Waals surface area contributed by atoms with Gasteiger partial charge in [0.15, 0.2) is 0 Å². The van der Waals surface area contributed by atoms with Crippen LogP contribution in [0.15, 0.2) is 54.6 Å². The molecule has 4 amide bonds. The number of rotatable bonds is 8. The maximum atomic E-state index is 12.8. The molecule has 29 heavy (non-hydrogen) atoms. The van der Waals surface area contributed by atoms with Crippen molar-refractivity contribution in [3.05, 3.63) is 60.2 Å². The van der Waals surface area contributed by atoms with Gasteiger partial charge in [0, 0.05) is 12.7 Å². The van der Waals surface area contributed by atoms with Crippen molar-refractivity contribution in [1.29, 1.82) is 0 Å². The third kappa shape index (κ3) is 6.32. The van der Waals surface area contributed by atoms with Crippen molar-refractivity contribution in [2.75, 3.05) is 32.6 Å². The smallest absolute Gasteiger partial charge is 0.321 e. The first-order valence-electron chi connectivity index (χ1n) is 9.24. The number of benzene rings is 2. The van der Waals surface area contributed by atoms with E-state index in [0.29, 0.717) is 23.5 Å². The van der Waals surface area contributed by atoms with Gasteiger partial charge >= 0.3 is 6.03 Å². The number of ether oxygens (including phenoxy) is 1. The summed E-state index contributed by atoms with van der Waals surface area (Å²) in [7, 11) is 3.00. The quantitative estimate of drug-likeness (QED) is 0.633. The van der Waals surface area contributed by atoms with Crippen molar-refractivity contribution in [3.63, 3.8) is 0 Å². The number of amides is 4. The van der Waals surface area contributed by atoms with Gasteiger partial charge in [-0.1, -0.05) is 37.3 Å². The lowest BCUT2D eigenvalue weighted by atomic mass is 10.0. The molecule has 0 bridgehead atoms. The van der Waals surface area contributed by atoms with E-state index < -0.39 is 18.0 Å². The van der Waals surface area contributed by atoms with Crippen LogP contribution in [0.5, 0.6) is 5.75 Å². The van der Waals surface area contributed by atoms with E-state index >= 15 is 0 Å². The van der Waals surface area contributed by atoms with Gasteiger partial charge in [-0.15, -0.1) is 0 Å². The zero-order valence-corrected chi connectivity index (χ0v) is 16.8. The predicted molar refractivity (Wildman–Crippen MR) is 111 cm³/mol. The van der Waals surface area contributed by atoms with Crippen LogP contribution in [0.4, 0.5) is 10.5 Å².